The molecule has 0 spiro atoms. The highest BCUT2D eigenvalue weighted by atomic mass is 16.5. The minimum Gasteiger partial charge on any atom is -0.455 e. The van der Waals surface area contributed by atoms with Gasteiger partial charge in [0.25, 0.3) is 0 Å². The van der Waals surface area contributed by atoms with E-state index in [1.165, 1.54) is 0 Å². The van der Waals surface area contributed by atoms with Crippen LogP contribution in [0, 0.1) is 0 Å². The molecule has 0 atom stereocenters. The van der Waals surface area contributed by atoms with Crippen LogP contribution in [-0.4, -0.2) is 11.7 Å². The van der Waals surface area contributed by atoms with E-state index in [9.17, 15) is 0 Å². The van der Waals surface area contributed by atoms with E-state index < -0.39 is 0 Å². The number of aromatic nitrogens is 1. The van der Waals surface area contributed by atoms with Crippen molar-refractivity contribution in [1.29, 1.82) is 0 Å². The Morgan fingerprint density at radius 3 is 2.93 bits per heavy atom. The van der Waals surface area contributed by atoms with Crippen LogP contribution in [0.4, 0.5) is 0 Å². The maximum atomic E-state index is 5.64. The summed E-state index contributed by atoms with van der Waals surface area (Å²) in [4.78, 5) is 0. The van der Waals surface area contributed by atoms with E-state index in [0.29, 0.717) is 18.9 Å². The van der Waals surface area contributed by atoms with Gasteiger partial charge in [-0.1, -0.05) is 19.0 Å². The van der Waals surface area contributed by atoms with Crippen molar-refractivity contribution in [2.45, 2.75) is 26.2 Å². The summed E-state index contributed by atoms with van der Waals surface area (Å²) in [5, 5.41) is 3.90. The molecule has 0 bridgehead atoms. The first kappa shape index (κ1) is 9.27. The Kier molecular flexibility index (Phi) is 2.29. The highest BCUT2D eigenvalue weighted by Crippen LogP contribution is 2.27. The summed E-state index contributed by atoms with van der Waals surface area (Å²) in [7, 11) is 0. The molecule has 0 saturated heterocycles. The van der Waals surface area contributed by atoms with Gasteiger partial charge in [-0.05, 0) is 6.54 Å². The highest BCUT2D eigenvalue weighted by Gasteiger charge is 2.15. The molecule has 14 heavy (non-hydrogen) atoms. The summed E-state index contributed by atoms with van der Waals surface area (Å²) in [6.07, 6.45) is 0.693. The van der Waals surface area contributed by atoms with Gasteiger partial charge in [0.2, 0.25) is 5.58 Å². The molecule has 0 saturated carbocycles. The maximum Gasteiger partial charge on any atom is 0.205 e. The molecule has 2 rings (SSSR count). The summed E-state index contributed by atoms with van der Waals surface area (Å²) in [6, 6.07) is 1.90. The first-order valence-electron chi connectivity index (χ1n) is 4.80. The molecule has 2 heterocycles. The molecule has 0 unspecified atom stereocenters. The maximum absolute atomic E-state index is 5.64. The van der Waals surface area contributed by atoms with Crippen molar-refractivity contribution in [2.24, 2.45) is 5.73 Å². The fourth-order valence-corrected chi connectivity index (χ4v) is 1.39. The number of nitrogens with zero attached hydrogens (tertiary/aromatic N) is 1. The Hall–Kier alpha value is -1.29. The van der Waals surface area contributed by atoms with Crippen molar-refractivity contribution >= 4 is 11.2 Å². The van der Waals surface area contributed by atoms with Crippen molar-refractivity contribution < 1.29 is 8.94 Å². The van der Waals surface area contributed by atoms with Gasteiger partial charge in [-0.3, -0.25) is 0 Å². The van der Waals surface area contributed by atoms with Gasteiger partial charge >= 0.3 is 0 Å². The molecule has 0 aromatic carbocycles. The second-order valence-corrected chi connectivity index (χ2v) is 3.66. The smallest absolute Gasteiger partial charge is 0.205 e. The predicted molar refractivity (Wildman–Crippen MR) is 53.1 cm³/mol. The molecule has 0 fully saturated rings. The Balaban J connectivity index is 2.45. The van der Waals surface area contributed by atoms with E-state index in [1.54, 1.807) is 0 Å². The number of furan rings is 1. The van der Waals surface area contributed by atoms with Crippen molar-refractivity contribution in [2.75, 3.05) is 6.54 Å². The summed E-state index contributed by atoms with van der Waals surface area (Å²) < 4.78 is 10.8. The summed E-state index contributed by atoms with van der Waals surface area (Å²) >= 11 is 0. The second-order valence-electron chi connectivity index (χ2n) is 3.66. The zero-order valence-electron chi connectivity index (χ0n) is 8.41. The number of hydrogen-bond donors (Lipinski definition) is 1. The van der Waals surface area contributed by atoms with Crippen molar-refractivity contribution in [3.63, 3.8) is 0 Å². The average Bonchev–Trinajstić information content (AvgIpc) is 2.67. The predicted octanol–water partition coefficient (Wildman–Crippen LogP) is 2.05. The topological polar surface area (TPSA) is 65.2 Å². The van der Waals surface area contributed by atoms with Gasteiger partial charge in [0, 0.05) is 18.4 Å². The van der Waals surface area contributed by atoms with E-state index in [2.05, 4.69) is 19.0 Å². The number of nitrogens with two attached hydrogens (primary N) is 1. The molecule has 2 aromatic rings. The summed E-state index contributed by atoms with van der Waals surface area (Å²) in [6.45, 7) is 4.71. The van der Waals surface area contributed by atoms with Gasteiger partial charge in [-0.2, -0.15) is 0 Å². The third-order valence-electron chi connectivity index (χ3n) is 2.18. The van der Waals surface area contributed by atoms with Crippen molar-refractivity contribution in [3.8, 4) is 0 Å². The third-order valence-corrected chi connectivity index (χ3v) is 2.18. The molecule has 0 amide bonds. The van der Waals surface area contributed by atoms with Crippen LogP contribution in [0.15, 0.2) is 15.0 Å². The monoisotopic (exact) mass is 194 g/mol. The lowest BCUT2D eigenvalue weighted by Gasteiger charge is -1.96. The molecule has 0 aliphatic heterocycles. The van der Waals surface area contributed by atoms with E-state index in [-0.39, 0.29) is 0 Å². The SMILES string of the molecule is CC(C)c1cc2onc(CCN)c2o1. The number of hydrogen-bond acceptors (Lipinski definition) is 4. The molecule has 0 aliphatic rings. The van der Waals surface area contributed by atoms with Gasteiger partial charge < -0.3 is 14.7 Å². The van der Waals surface area contributed by atoms with Crippen LogP contribution in [-0.2, 0) is 6.42 Å². The van der Waals surface area contributed by atoms with Crippen LogP contribution in [0.25, 0.3) is 11.2 Å². The quantitative estimate of drug-likeness (QED) is 0.812. The van der Waals surface area contributed by atoms with Crippen molar-refractivity contribution in [1.82, 2.24) is 5.16 Å². The average molecular weight is 194 g/mol. The molecular weight excluding hydrogens is 180 g/mol. The molecule has 4 nitrogen and oxygen atoms in total. The molecule has 76 valence electrons. The molecule has 0 aliphatic carbocycles. The normalized spacial score (nSPS) is 11.7. The summed E-state index contributed by atoms with van der Waals surface area (Å²) in [5.41, 5.74) is 7.74. The molecule has 2 aromatic heterocycles. The first-order valence-corrected chi connectivity index (χ1v) is 4.80. The van der Waals surface area contributed by atoms with Crippen LogP contribution >= 0.6 is 0 Å². The van der Waals surface area contributed by atoms with E-state index >= 15 is 0 Å². The largest absolute Gasteiger partial charge is 0.455 e. The zero-order valence-corrected chi connectivity index (χ0v) is 8.41. The van der Waals surface area contributed by atoms with Crippen LogP contribution < -0.4 is 5.73 Å². The van der Waals surface area contributed by atoms with Gasteiger partial charge in [-0.25, -0.2) is 0 Å². The van der Waals surface area contributed by atoms with Crippen LogP contribution in [0.5, 0.6) is 0 Å². The molecule has 0 radical (unpaired) electrons. The van der Waals surface area contributed by atoms with Crippen LogP contribution in [0.2, 0.25) is 0 Å². The van der Waals surface area contributed by atoms with Gasteiger partial charge in [0.15, 0.2) is 5.58 Å². The first-order chi connectivity index (χ1) is 6.72. The van der Waals surface area contributed by atoms with E-state index in [1.807, 2.05) is 6.07 Å². The van der Waals surface area contributed by atoms with Crippen LogP contribution in [0.1, 0.15) is 31.2 Å². The zero-order chi connectivity index (χ0) is 10.1. The second kappa shape index (κ2) is 3.46. The lowest BCUT2D eigenvalue weighted by molar-refractivity contribution is 0.445. The fourth-order valence-electron chi connectivity index (χ4n) is 1.39. The fraction of sp³-hybridized carbons (Fsp3) is 0.500. The highest BCUT2D eigenvalue weighted by molar-refractivity contribution is 5.73. The van der Waals surface area contributed by atoms with Crippen molar-refractivity contribution in [3.05, 3.63) is 17.5 Å². The van der Waals surface area contributed by atoms with Gasteiger partial charge in [-0.15, -0.1) is 0 Å². The molecule has 4 heteroatoms. The standard InChI is InChI=1S/C10H14N2O2/c1-6(2)8-5-9-10(13-8)7(3-4-11)12-14-9/h5-6H,3-4,11H2,1-2H3. The van der Waals surface area contributed by atoms with Crippen LogP contribution in [0.3, 0.4) is 0 Å². The van der Waals surface area contributed by atoms with E-state index in [4.69, 9.17) is 14.7 Å². The number of rotatable bonds is 3. The molecular formula is C10H14N2O2. The Labute approximate surface area is 82.0 Å². The van der Waals surface area contributed by atoms with E-state index in [0.717, 1.165) is 22.6 Å². The summed E-state index contributed by atoms with van der Waals surface area (Å²) in [5.74, 6) is 1.29. The lowest BCUT2D eigenvalue weighted by atomic mass is 10.2. The molecule has 2 N–H and O–H groups in total. The minimum atomic E-state index is 0.364. The number of fused-ring (bicyclic) bond motifs is 1. The Morgan fingerprint density at radius 1 is 1.50 bits per heavy atom. The minimum absolute atomic E-state index is 0.364. The third kappa shape index (κ3) is 1.42. The Bertz CT molecular complexity index is 428. The Morgan fingerprint density at radius 2 is 2.29 bits per heavy atom. The van der Waals surface area contributed by atoms with Gasteiger partial charge in [0.05, 0.1) is 0 Å². The lowest BCUT2D eigenvalue weighted by Crippen LogP contribution is -2.02. The van der Waals surface area contributed by atoms with Gasteiger partial charge in [0.1, 0.15) is 11.5 Å².